The maximum Gasteiger partial charge on any atom is 0.0236 e. The molecular weight excluding hydrogens is 220 g/mol. The van der Waals surface area contributed by atoms with E-state index < -0.39 is 0 Å². The van der Waals surface area contributed by atoms with E-state index in [0.29, 0.717) is 18.0 Å². The molecule has 1 fully saturated rings. The summed E-state index contributed by atoms with van der Waals surface area (Å²) in [6, 6.07) is 10.2. The van der Waals surface area contributed by atoms with Gasteiger partial charge < -0.3 is 5.32 Å². The zero-order chi connectivity index (χ0) is 13.1. The topological polar surface area (TPSA) is 15.3 Å². The Hall–Kier alpha value is -0.860. The molecule has 1 saturated heterocycles. The molecule has 2 nitrogen and oxygen atoms in total. The van der Waals surface area contributed by atoms with E-state index in [1.807, 2.05) is 0 Å². The lowest BCUT2D eigenvalue weighted by atomic mass is 9.87. The predicted octanol–water partition coefficient (Wildman–Crippen LogP) is 2.81. The van der Waals surface area contributed by atoms with Crippen molar-refractivity contribution in [2.45, 2.75) is 45.8 Å². The molecule has 0 spiro atoms. The number of rotatable bonds is 3. The van der Waals surface area contributed by atoms with E-state index in [1.165, 1.54) is 24.1 Å². The van der Waals surface area contributed by atoms with Crippen molar-refractivity contribution in [1.82, 2.24) is 10.2 Å². The van der Waals surface area contributed by atoms with Gasteiger partial charge >= 0.3 is 0 Å². The minimum absolute atomic E-state index is 0.650. The van der Waals surface area contributed by atoms with Crippen LogP contribution in [0.5, 0.6) is 0 Å². The zero-order valence-corrected chi connectivity index (χ0v) is 12.1. The van der Waals surface area contributed by atoms with Crippen molar-refractivity contribution < 1.29 is 0 Å². The molecular formula is C16H26N2. The summed E-state index contributed by atoms with van der Waals surface area (Å²) in [4.78, 5) is 2.62. The first-order chi connectivity index (χ1) is 8.61. The summed E-state index contributed by atoms with van der Waals surface area (Å²) in [5, 5.41) is 3.45. The highest BCUT2D eigenvalue weighted by Crippen LogP contribution is 2.25. The molecule has 2 heteroatoms. The van der Waals surface area contributed by atoms with E-state index in [2.05, 4.69) is 62.3 Å². The molecule has 1 heterocycles. The summed E-state index contributed by atoms with van der Waals surface area (Å²) in [5.41, 5.74) is 2.80. The van der Waals surface area contributed by atoms with Gasteiger partial charge in [-0.1, -0.05) is 36.8 Å². The fourth-order valence-corrected chi connectivity index (χ4v) is 3.12. The number of nitrogens with zero attached hydrogens (tertiary/aromatic N) is 1. The molecule has 3 atom stereocenters. The van der Waals surface area contributed by atoms with Crippen molar-refractivity contribution in [3.05, 3.63) is 35.4 Å². The van der Waals surface area contributed by atoms with Gasteiger partial charge in [0.1, 0.15) is 0 Å². The van der Waals surface area contributed by atoms with E-state index in [-0.39, 0.29) is 0 Å². The molecule has 0 saturated carbocycles. The lowest BCUT2D eigenvalue weighted by Gasteiger charge is -2.42. The molecule has 0 aliphatic carbocycles. The van der Waals surface area contributed by atoms with Crippen LogP contribution in [0.1, 0.15) is 31.4 Å². The lowest BCUT2D eigenvalue weighted by Crippen LogP contribution is -2.52. The Morgan fingerprint density at radius 1 is 1.33 bits per heavy atom. The fourth-order valence-electron chi connectivity index (χ4n) is 3.12. The first kappa shape index (κ1) is 13.6. The average molecular weight is 246 g/mol. The quantitative estimate of drug-likeness (QED) is 0.882. The summed E-state index contributed by atoms with van der Waals surface area (Å²) in [7, 11) is 2.09. The summed E-state index contributed by atoms with van der Waals surface area (Å²) >= 11 is 0. The van der Waals surface area contributed by atoms with Gasteiger partial charge in [0, 0.05) is 25.2 Å². The van der Waals surface area contributed by atoms with E-state index in [0.717, 1.165) is 6.54 Å². The van der Waals surface area contributed by atoms with Gasteiger partial charge in [0.15, 0.2) is 0 Å². The second kappa shape index (κ2) is 5.85. The number of hydrogen-bond donors (Lipinski definition) is 1. The molecule has 2 rings (SSSR count). The molecule has 1 aliphatic rings. The van der Waals surface area contributed by atoms with Crippen molar-refractivity contribution in [3.63, 3.8) is 0 Å². The van der Waals surface area contributed by atoms with Crippen LogP contribution in [0.2, 0.25) is 0 Å². The van der Waals surface area contributed by atoms with Crippen LogP contribution in [-0.4, -0.2) is 30.6 Å². The van der Waals surface area contributed by atoms with Gasteiger partial charge in [-0.25, -0.2) is 0 Å². The second-order valence-electron chi connectivity index (χ2n) is 5.74. The third kappa shape index (κ3) is 2.93. The second-order valence-corrected chi connectivity index (χ2v) is 5.74. The molecule has 0 radical (unpaired) electrons. The van der Waals surface area contributed by atoms with Crippen LogP contribution in [0.15, 0.2) is 24.3 Å². The Balaban J connectivity index is 2.02. The van der Waals surface area contributed by atoms with Crippen LogP contribution in [-0.2, 0) is 6.54 Å². The maximum atomic E-state index is 3.45. The van der Waals surface area contributed by atoms with Crippen LogP contribution in [0.4, 0.5) is 0 Å². The van der Waals surface area contributed by atoms with Crippen LogP contribution < -0.4 is 5.32 Å². The highest BCUT2D eigenvalue weighted by atomic mass is 15.2. The zero-order valence-electron chi connectivity index (χ0n) is 12.1. The molecule has 1 aromatic carbocycles. The molecule has 18 heavy (non-hydrogen) atoms. The van der Waals surface area contributed by atoms with Crippen LogP contribution in [0.3, 0.4) is 0 Å². The molecule has 1 aliphatic heterocycles. The largest absolute Gasteiger partial charge is 0.317 e. The predicted molar refractivity (Wildman–Crippen MR) is 77.7 cm³/mol. The maximum absolute atomic E-state index is 3.45. The van der Waals surface area contributed by atoms with Crippen molar-refractivity contribution in [3.8, 4) is 0 Å². The summed E-state index contributed by atoms with van der Waals surface area (Å²) in [6.07, 6.45) is 1.26. The standard InChI is InChI=1S/C16H26N2/c1-12-6-5-7-15(10-12)11-18-9-8-16(17-4)13(2)14(18)3/h5-7,10,13-14,16-17H,8-9,11H2,1-4H3. The Kier molecular flexibility index (Phi) is 4.41. The smallest absolute Gasteiger partial charge is 0.0236 e. The molecule has 1 aromatic rings. The van der Waals surface area contributed by atoms with Gasteiger partial charge in [-0.15, -0.1) is 0 Å². The molecule has 0 bridgehead atoms. The number of hydrogen-bond acceptors (Lipinski definition) is 2. The van der Waals surface area contributed by atoms with Crippen LogP contribution >= 0.6 is 0 Å². The normalized spacial score (nSPS) is 29.4. The number of benzene rings is 1. The van der Waals surface area contributed by atoms with Gasteiger partial charge in [-0.3, -0.25) is 4.90 Å². The minimum atomic E-state index is 0.650. The van der Waals surface area contributed by atoms with Crippen molar-refractivity contribution in [1.29, 1.82) is 0 Å². The van der Waals surface area contributed by atoms with E-state index in [4.69, 9.17) is 0 Å². The highest BCUT2D eigenvalue weighted by Gasteiger charge is 2.31. The number of nitrogens with one attached hydrogen (secondary N) is 1. The van der Waals surface area contributed by atoms with E-state index >= 15 is 0 Å². The van der Waals surface area contributed by atoms with Gasteiger partial charge in [0.05, 0.1) is 0 Å². The van der Waals surface area contributed by atoms with Crippen molar-refractivity contribution in [2.75, 3.05) is 13.6 Å². The Morgan fingerprint density at radius 3 is 2.78 bits per heavy atom. The van der Waals surface area contributed by atoms with Crippen molar-refractivity contribution >= 4 is 0 Å². The number of aryl methyl sites for hydroxylation is 1. The Bertz CT molecular complexity index is 388. The monoisotopic (exact) mass is 246 g/mol. The molecule has 3 unspecified atom stereocenters. The fraction of sp³-hybridized carbons (Fsp3) is 0.625. The number of likely N-dealkylation sites (tertiary alicyclic amines) is 1. The molecule has 1 N–H and O–H groups in total. The average Bonchev–Trinajstić information content (AvgIpc) is 2.35. The first-order valence-corrected chi connectivity index (χ1v) is 7.08. The Morgan fingerprint density at radius 2 is 2.11 bits per heavy atom. The molecule has 100 valence electrons. The first-order valence-electron chi connectivity index (χ1n) is 7.08. The summed E-state index contributed by atoms with van der Waals surface area (Å²) < 4.78 is 0. The summed E-state index contributed by atoms with van der Waals surface area (Å²) in [5.74, 6) is 0.716. The van der Waals surface area contributed by atoms with Gasteiger partial charge in [-0.05, 0) is 38.8 Å². The summed E-state index contributed by atoms with van der Waals surface area (Å²) in [6.45, 7) is 9.19. The minimum Gasteiger partial charge on any atom is -0.317 e. The molecule has 0 aromatic heterocycles. The SMILES string of the molecule is CNC1CCN(Cc2cccc(C)c2)C(C)C1C. The van der Waals surface area contributed by atoms with Crippen molar-refractivity contribution in [2.24, 2.45) is 5.92 Å². The third-order valence-corrected chi connectivity index (χ3v) is 4.54. The molecule has 0 amide bonds. The van der Waals surface area contributed by atoms with E-state index in [9.17, 15) is 0 Å². The lowest BCUT2D eigenvalue weighted by molar-refractivity contribution is 0.0811. The van der Waals surface area contributed by atoms with E-state index in [1.54, 1.807) is 0 Å². The van der Waals surface area contributed by atoms with Crippen LogP contribution in [0, 0.1) is 12.8 Å². The van der Waals surface area contributed by atoms with Gasteiger partial charge in [-0.2, -0.15) is 0 Å². The van der Waals surface area contributed by atoms with Crippen LogP contribution in [0.25, 0.3) is 0 Å². The third-order valence-electron chi connectivity index (χ3n) is 4.54. The highest BCUT2D eigenvalue weighted by molar-refractivity contribution is 5.22. The van der Waals surface area contributed by atoms with Gasteiger partial charge in [0.2, 0.25) is 0 Å². The number of piperidine rings is 1. The Labute approximate surface area is 111 Å². The van der Waals surface area contributed by atoms with Gasteiger partial charge in [0.25, 0.3) is 0 Å².